The SMILES string of the molecule is C[C@H]1Nc2ccn3ncc(c3n2)C(=O)NC[C@@H](CF)Oc2ccc(F)cc21. The first kappa shape index (κ1) is 17.2. The minimum Gasteiger partial charge on any atom is -0.485 e. The van der Waals surface area contributed by atoms with Crippen LogP contribution in [0.2, 0.25) is 0 Å². The zero-order chi connectivity index (χ0) is 19.0. The van der Waals surface area contributed by atoms with Crippen molar-refractivity contribution in [1.29, 1.82) is 0 Å². The van der Waals surface area contributed by atoms with E-state index in [0.717, 1.165) is 0 Å². The molecule has 0 fully saturated rings. The molecule has 1 amide bonds. The van der Waals surface area contributed by atoms with Crippen LogP contribution in [0.5, 0.6) is 5.75 Å². The number of nitrogens with one attached hydrogen (secondary N) is 2. The molecule has 0 unspecified atom stereocenters. The Hall–Kier alpha value is -3.23. The zero-order valence-corrected chi connectivity index (χ0v) is 14.4. The fourth-order valence-corrected chi connectivity index (χ4v) is 2.98. The van der Waals surface area contributed by atoms with Gasteiger partial charge in [-0.25, -0.2) is 18.3 Å². The van der Waals surface area contributed by atoms with Gasteiger partial charge in [-0.1, -0.05) is 0 Å². The van der Waals surface area contributed by atoms with Gasteiger partial charge in [0.2, 0.25) is 0 Å². The van der Waals surface area contributed by atoms with E-state index in [0.29, 0.717) is 22.8 Å². The van der Waals surface area contributed by atoms with Crippen LogP contribution in [-0.4, -0.2) is 39.8 Å². The topological polar surface area (TPSA) is 80.5 Å². The highest BCUT2D eigenvalue weighted by Crippen LogP contribution is 2.29. The molecule has 1 aromatic carbocycles. The van der Waals surface area contributed by atoms with E-state index in [9.17, 15) is 13.6 Å². The van der Waals surface area contributed by atoms with E-state index in [-0.39, 0.29) is 18.2 Å². The fraction of sp³-hybridized carbons (Fsp3) is 0.278. The number of halogens is 2. The second-order valence-electron chi connectivity index (χ2n) is 6.29. The average molecular weight is 373 g/mol. The lowest BCUT2D eigenvalue weighted by Gasteiger charge is -2.22. The minimum atomic E-state index is -0.909. The van der Waals surface area contributed by atoms with Crippen molar-refractivity contribution in [1.82, 2.24) is 19.9 Å². The summed E-state index contributed by atoms with van der Waals surface area (Å²) in [5, 5.41) is 9.90. The number of amides is 1. The molecule has 7 nitrogen and oxygen atoms in total. The van der Waals surface area contributed by atoms with Crippen LogP contribution in [0, 0.1) is 5.82 Å². The lowest BCUT2D eigenvalue weighted by atomic mass is 10.1. The minimum absolute atomic E-state index is 0.0506. The molecule has 0 spiro atoms. The van der Waals surface area contributed by atoms with Gasteiger partial charge in [0.05, 0.1) is 18.8 Å². The number of anilines is 1. The van der Waals surface area contributed by atoms with E-state index < -0.39 is 24.5 Å². The van der Waals surface area contributed by atoms with E-state index in [4.69, 9.17) is 4.74 Å². The zero-order valence-electron chi connectivity index (χ0n) is 14.4. The highest BCUT2D eigenvalue weighted by Gasteiger charge is 2.21. The smallest absolute Gasteiger partial charge is 0.256 e. The molecule has 2 aromatic heterocycles. The van der Waals surface area contributed by atoms with Gasteiger partial charge in [0, 0.05) is 11.8 Å². The van der Waals surface area contributed by atoms with Crippen LogP contribution in [0.1, 0.15) is 28.9 Å². The Morgan fingerprint density at radius 1 is 1.37 bits per heavy atom. The number of nitrogens with zero attached hydrogens (tertiary/aromatic N) is 3. The molecule has 0 saturated carbocycles. The first-order valence-corrected chi connectivity index (χ1v) is 8.46. The molecule has 140 valence electrons. The van der Waals surface area contributed by atoms with Crippen molar-refractivity contribution < 1.29 is 18.3 Å². The van der Waals surface area contributed by atoms with Crippen molar-refractivity contribution in [2.24, 2.45) is 0 Å². The Morgan fingerprint density at radius 2 is 2.22 bits per heavy atom. The van der Waals surface area contributed by atoms with Gasteiger partial charge in [0.25, 0.3) is 5.91 Å². The van der Waals surface area contributed by atoms with E-state index in [1.54, 1.807) is 12.3 Å². The number of aromatic nitrogens is 3. The third kappa shape index (κ3) is 3.27. The molecule has 0 radical (unpaired) electrons. The number of fused-ring (bicyclic) bond motifs is 2. The standard InChI is InChI=1S/C18H17F2N5O2/c1-10-13-6-11(20)2-3-15(13)27-12(7-19)8-21-18(26)14-9-22-25-5-4-16(23-10)24-17(14)25/h2-6,9-10,12H,7-8H2,1H3,(H,21,26)(H,23,24)/t10-,12-/m1/s1. The summed E-state index contributed by atoms with van der Waals surface area (Å²) in [7, 11) is 0. The van der Waals surface area contributed by atoms with E-state index >= 15 is 0 Å². The number of carbonyl (C=O) groups excluding carboxylic acids is 1. The van der Waals surface area contributed by atoms with Gasteiger partial charge in [-0.15, -0.1) is 0 Å². The lowest BCUT2D eigenvalue weighted by Crippen LogP contribution is -2.36. The van der Waals surface area contributed by atoms with Crippen LogP contribution in [0.3, 0.4) is 0 Å². The van der Waals surface area contributed by atoms with Crippen molar-refractivity contribution in [3.05, 3.63) is 53.6 Å². The summed E-state index contributed by atoms with van der Waals surface area (Å²) in [5.41, 5.74) is 1.15. The van der Waals surface area contributed by atoms with Crippen molar-refractivity contribution in [3.8, 4) is 5.75 Å². The van der Waals surface area contributed by atoms with Crippen molar-refractivity contribution in [2.75, 3.05) is 18.5 Å². The number of hydrogen-bond acceptors (Lipinski definition) is 5. The molecule has 3 heterocycles. The fourth-order valence-electron chi connectivity index (χ4n) is 2.98. The molecule has 2 N–H and O–H groups in total. The van der Waals surface area contributed by atoms with Crippen molar-refractivity contribution in [2.45, 2.75) is 19.1 Å². The Morgan fingerprint density at radius 3 is 3.04 bits per heavy atom. The van der Waals surface area contributed by atoms with Crippen LogP contribution in [0.25, 0.3) is 5.65 Å². The van der Waals surface area contributed by atoms with Crippen molar-refractivity contribution >= 4 is 17.4 Å². The first-order chi connectivity index (χ1) is 13.0. The molecular formula is C18H17F2N5O2. The predicted molar refractivity (Wildman–Crippen MR) is 94.1 cm³/mol. The Balaban J connectivity index is 1.82. The molecule has 1 aliphatic rings. The molecule has 3 aromatic rings. The summed E-state index contributed by atoms with van der Waals surface area (Å²) in [6.07, 6.45) is 2.16. The second-order valence-corrected chi connectivity index (χ2v) is 6.29. The van der Waals surface area contributed by atoms with Gasteiger partial charge in [-0.05, 0) is 31.2 Å². The quantitative estimate of drug-likeness (QED) is 0.685. The average Bonchev–Trinajstić information content (AvgIpc) is 3.08. The molecule has 27 heavy (non-hydrogen) atoms. The summed E-state index contributed by atoms with van der Waals surface area (Å²) in [5.74, 6) is -0.0251. The number of alkyl halides is 1. The van der Waals surface area contributed by atoms with E-state index in [1.807, 2.05) is 6.92 Å². The highest BCUT2D eigenvalue weighted by molar-refractivity contribution is 5.99. The van der Waals surface area contributed by atoms with Gasteiger partial charge >= 0.3 is 0 Å². The summed E-state index contributed by atoms with van der Waals surface area (Å²) >= 11 is 0. The van der Waals surface area contributed by atoms with Crippen LogP contribution < -0.4 is 15.4 Å². The molecule has 2 atom stereocenters. The van der Waals surface area contributed by atoms with Gasteiger partial charge in [-0.3, -0.25) is 4.79 Å². The first-order valence-electron chi connectivity index (χ1n) is 8.46. The van der Waals surface area contributed by atoms with Crippen LogP contribution in [-0.2, 0) is 0 Å². The van der Waals surface area contributed by atoms with Gasteiger partial charge in [-0.2, -0.15) is 5.10 Å². The predicted octanol–water partition coefficient (Wildman–Crippen LogP) is 2.50. The Kier molecular flexibility index (Phi) is 4.35. The van der Waals surface area contributed by atoms with Crippen LogP contribution >= 0.6 is 0 Å². The summed E-state index contributed by atoms with van der Waals surface area (Å²) in [6.45, 7) is 0.956. The number of benzene rings is 1. The van der Waals surface area contributed by atoms with Crippen LogP contribution in [0.15, 0.2) is 36.7 Å². The number of carbonyl (C=O) groups is 1. The largest absolute Gasteiger partial charge is 0.485 e. The van der Waals surface area contributed by atoms with E-state index in [2.05, 4.69) is 20.7 Å². The highest BCUT2D eigenvalue weighted by atomic mass is 19.1. The monoisotopic (exact) mass is 373 g/mol. The summed E-state index contributed by atoms with van der Waals surface area (Å²) in [4.78, 5) is 16.9. The van der Waals surface area contributed by atoms with Gasteiger partial charge < -0.3 is 15.4 Å². The number of ether oxygens (including phenoxy) is 1. The second kappa shape index (κ2) is 6.82. The summed E-state index contributed by atoms with van der Waals surface area (Å²) in [6, 6.07) is 5.37. The van der Waals surface area contributed by atoms with Gasteiger partial charge in [0.15, 0.2) is 5.65 Å². The molecule has 0 aliphatic carbocycles. The molecule has 1 aliphatic heterocycles. The number of hydrogen-bond donors (Lipinski definition) is 2. The molecule has 9 heteroatoms. The molecule has 0 saturated heterocycles. The van der Waals surface area contributed by atoms with Gasteiger partial charge in [0.1, 0.15) is 35.7 Å². The maximum Gasteiger partial charge on any atom is 0.256 e. The third-order valence-corrected chi connectivity index (χ3v) is 4.37. The lowest BCUT2D eigenvalue weighted by molar-refractivity contribution is 0.0916. The molecule has 4 rings (SSSR count). The van der Waals surface area contributed by atoms with E-state index in [1.165, 1.54) is 28.9 Å². The Bertz CT molecular complexity index is 1010. The molecular weight excluding hydrogens is 356 g/mol. The molecule has 2 bridgehead atoms. The maximum absolute atomic E-state index is 13.8. The Labute approximate surface area is 153 Å². The maximum atomic E-state index is 13.8. The number of rotatable bonds is 1. The third-order valence-electron chi connectivity index (χ3n) is 4.37. The summed E-state index contributed by atoms with van der Waals surface area (Å²) < 4.78 is 34.4. The van der Waals surface area contributed by atoms with Crippen LogP contribution in [0.4, 0.5) is 14.6 Å². The van der Waals surface area contributed by atoms with Crippen molar-refractivity contribution in [3.63, 3.8) is 0 Å². The normalized spacial score (nSPS) is 19.9.